The van der Waals surface area contributed by atoms with Crippen LogP contribution in [0.25, 0.3) is 0 Å². The Kier molecular flexibility index (Phi) is 3.43. The number of hydrogen-bond acceptors (Lipinski definition) is 2. The van der Waals surface area contributed by atoms with Gasteiger partial charge in [-0.1, -0.05) is 0 Å². The van der Waals surface area contributed by atoms with Gasteiger partial charge in [-0.15, -0.1) is 11.5 Å². The first kappa shape index (κ1) is 7.27. The Morgan fingerprint density at radius 1 is 1.57 bits per heavy atom. The smallest absolute Gasteiger partial charge is 0.411 e. The number of rotatable bonds is 2. The van der Waals surface area contributed by atoms with Gasteiger partial charge in [0, 0.05) is 7.11 Å². The first-order valence-corrected chi connectivity index (χ1v) is 2.45. The van der Waals surface area contributed by atoms with E-state index in [1.54, 1.807) is 11.9 Å². The van der Waals surface area contributed by atoms with Crippen molar-refractivity contribution in [1.82, 2.24) is 4.81 Å². The lowest BCUT2D eigenvalue weighted by Gasteiger charge is -2.09. The minimum absolute atomic E-state index is 0.292. The van der Waals surface area contributed by atoms with E-state index in [9.17, 15) is 0 Å². The average molecular weight is 121 g/mol. The maximum atomic E-state index is 5.50. The maximum Gasteiger partial charge on any atom is 0.493 e. The van der Waals surface area contributed by atoms with E-state index in [4.69, 9.17) is 16.1 Å². The normalized spacial score (nSPS) is 9.86. The summed E-state index contributed by atoms with van der Waals surface area (Å²) >= 11 is 5.50. The molecule has 42 valence electrons. The summed E-state index contributed by atoms with van der Waals surface area (Å²) in [6, 6.07) is 0. The number of hydrogen-bond donors (Lipinski definition) is 0. The van der Waals surface area contributed by atoms with E-state index >= 15 is 0 Å². The first-order valence-electron chi connectivity index (χ1n) is 2.01. The highest BCUT2D eigenvalue weighted by molar-refractivity contribution is 7.01. The van der Waals surface area contributed by atoms with Gasteiger partial charge < -0.3 is 9.47 Å². The highest BCUT2D eigenvalue weighted by atomic mass is 35.5. The molecule has 0 radical (unpaired) electrons. The average Bonchev–Trinajstić information content (AvgIpc) is 1.65. The minimum Gasteiger partial charge on any atom is -0.411 e. The molecule has 0 saturated carbocycles. The third kappa shape index (κ3) is 2.91. The van der Waals surface area contributed by atoms with Crippen molar-refractivity contribution in [3.63, 3.8) is 0 Å². The molecule has 0 saturated heterocycles. The van der Waals surface area contributed by atoms with E-state index in [1.165, 1.54) is 0 Å². The summed E-state index contributed by atoms with van der Waals surface area (Å²) in [5.41, 5.74) is 0. The fraction of sp³-hybridized carbons (Fsp3) is 1.00. The van der Waals surface area contributed by atoms with Crippen LogP contribution in [-0.2, 0) is 4.65 Å². The van der Waals surface area contributed by atoms with E-state index < -0.39 is 0 Å². The van der Waals surface area contributed by atoms with Gasteiger partial charge in [-0.2, -0.15) is 0 Å². The summed E-state index contributed by atoms with van der Waals surface area (Å²) < 4.78 is 4.70. The predicted molar refractivity (Wildman–Crippen MR) is 32.3 cm³/mol. The summed E-state index contributed by atoms with van der Waals surface area (Å²) in [6.07, 6.45) is 0. The van der Waals surface area contributed by atoms with Gasteiger partial charge in [0.15, 0.2) is 0 Å². The standard InChI is InChI=1S/C3H9BClNO/c1-6(2)4(5)7-3/h1-3H3. The van der Waals surface area contributed by atoms with Gasteiger partial charge in [0.2, 0.25) is 0 Å². The second-order valence-electron chi connectivity index (χ2n) is 1.49. The van der Waals surface area contributed by atoms with Crippen LogP contribution in [0.1, 0.15) is 0 Å². The molecule has 0 heterocycles. The Morgan fingerprint density at radius 3 is 2.00 bits per heavy atom. The second kappa shape index (κ2) is 3.30. The predicted octanol–water partition coefficient (Wildman–Crippen LogP) is 0.418. The monoisotopic (exact) mass is 121 g/mol. The van der Waals surface area contributed by atoms with E-state index in [-0.39, 0.29) is 6.47 Å². The van der Waals surface area contributed by atoms with Gasteiger partial charge in [0.25, 0.3) is 0 Å². The molecule has 0 amide bonds. The summed E-state index contributed by atoms with van der Waals surface area (Å²) in [7, 11) is 5.26. The van der Waals surface area contributed by atoms with Crippen molar-refractivity contribution in [1.29, 1.82) is 0 Å². The Bertz CT molecular complexity index is 52.2. The molecule has 0 fully saturated rings. The Morgan fingerprint density at radius 2 is 2.00 bits per heavy atom. The quantitative estimate of drug-likeness (QED) is 0.491. The Balaban J connectivity index is 3.14. The fourth-order valence-corrected chi connectivity index (χ4v) is 0.211. The maximum absolute atomic E-state index is 5.50. The van der Waals surface area contributed by atoms with Gasteiger partial charge in [-0.3, -0.25) is 0 Å². The molecular formula is C3H9BClNO. The highest BCUT2D eigenvalue weighted by Gasteiger charge is 2.11. The summed E-state index contributed by atoms with van der Waals surface area (Å²) in [6.45, 7) is -0.292. The second-order valence-corrected chi connectivity index (χ2v) is 1.86. The minimum atomic E-state index is -0.292. The molecule has 0 unspecified atom stereocenters. The van der Waals surface area contributed by atoms with E-state index in [2.05, 4.69) is 0 Å². The van der Waals surface area contributed by atoms with Crippen LogP contribution in [0, 0.1) is 0 Å². The van der Waals surface area contributed by atoms with Crippen LogP contribution in [0.4, 0.5) is 0 Å². The van der Waals surface area contributed by atoms with Crippen molar-refractivity contribution in [2.24, 2.45) is 0 Å². The SMILES string of the molecule is COB(Cl)N(C)C. The highest BCUT2D eigenvalue weighted by Crippen LogP contribution is 1.90. The lowest BCUT2D eigenvalue weighted by molar-refractivity contribution is 0.383. The molecule has 0 aliphatic heterocycles. The zero-order valence-corrected chi connectivity index (χ0v) is 5.57. The van der Waals surface area contributed by atoms with Crippen molar-refractivity contribution in [2.45, 2.75) is 0 Å². The summed E-state index contributed by atoms with van der Waals surface area (Å²) in [5, 5.41) is 0. The lowest BCUT2D eigenvalue weighted by atomic mass is 10.2. The Labute approximate surface area is 49.4 Å². The molecule has 0 aromatic heterocycles. The Hall–Kier alpha value is 0.275. The molecular weight excluding hydrogens is 112 g/mol. The third-order valence-electron chi connectivity index (χ3n) is 0.600. The van der Waals surface area contributed by atoms with Gasteiger partial charge in [-0.05, 0) is 14.1 Å². The summed E-state index contributed by atoms with van der Waals surface area (Å²) in [5.74, 6) is 0. The zero-order valence-electron chi connectivity index (χ0n) is 4.81. The van der Waals surface area contributed by atoms with Crippen LogP contribution >= 0.6 is 11.5 Å². The molecule has 0 rings (SSSR count). The van der Waals surface area contributed by atoms with Gasteiger partial charge in [0.05, 0.1) is 0 Å². The molecule has 0 N–H and O–H groups in total. The molecule has 0 aliphatic rings. The molecule has 7 heavy (non-hydrogen) atoms. The van der Waals surface area contributed by atoms with Crippen LogP contribution in [0.5, 0.6) is 0 Å². The van der Waals surface area contributed by atoms with E-state index in [1.807, 2.05) is 14.1 Å². The van der Waals surface area contributed by atoms with Crippen molar-refractivity contribution >= 4 is 17.9 Å². The topological polar surface area (TPSA) is 12.5 Å². The molecule has 0 aromatic rings. The molecule has 2 nitrogen and oxygen atoms in total. The molecule has 0 aliphatic carbocycles. The van der Waals surface area contributed by atoms with Crippen LogP contribution in [-0.4, -0.2) is 32.5 Å². The van der Waals surface area contributed by atoms with E-state index in [0.717, 1.165) is 0 Å². The third-order valence-corrected chi connectivity index (χ3v) is 1.17. The summed E-state index contributed by atoms with van der Waals surface area (Å²) in [4.78, 5) is 1.77. The lowest BCUT2D eigenvalue weighted by Crippen LogP contribution is -2.28. The molecule has 0 aromatic carbocycles. The number of nitrogens with zero attached hydrogens (tertiary/aromatic N) is 1. The van der Waals surface area contributed by atoms with Crippen LogP contribution in [0.15, 0.2) is 0 Å². The van der Waals surface area contributed by atoms with Crippen molar-refractivity contribution in [2.75, 3.05) is 21.2 Å². The molecule has 0 atom stereocenters. The zero-order chi connectivity index (χ0) is 5.86. The molecule has 0 spiro atoms. The van der Waals surface area contributed by atoms with Crippen molar-refractivity contribution in [3.05, 3.63) is 0 Å². The molecule has 0 bridgehead atoms. The molecule has 4 heteroatoms. The van der Waals surface area contributed by atoms with Crippen LogP contribution in [0.3, 0.4) is 0 Å². The van der Waals surface area contributed by atoms with Crippen molar-refractivity contribution < 1.29 is 4.65 Å². The largest absolute Gasteiger partial charge is 0.493 e. The van der Waals surface area contributed by atoms with Crippen LogP contribution in [0.2, 0.25) is 0 Å². The fourth-order valence-electron chi connectivity index (χ4n) is 0.211. The number of halogens is 1. The van der Waals surface area contributed by atoms with Crippen LogP contribution < -0.4 is 0 Å². The van der Waals surface area contributed by atoms with E-state index in [0.29, 0.717) is 0 Å². The van der Waals surface area contributed by atoms with Gasteiger partial charge >= 0.3 is 6.47 Å². The van der Waals surface area contributed by atoms with Gasteiger partial charge in [0.1, 0.15) is 0 Å². The van der Waals surface area contributed by atoms with Crippen molar-refractivity contribution in [3.8, 4) is 0 Å². The van der Waals surface area contributed by atoms with Gasteiger partial charge in [-0.25, -0.2) is 0 Å². The first-order chi connectivity index (χ1) is 3.18.